The van der Waals surface area contributed by atoms with E-state index < -0.39 is 0 Å². The van der Waals surface area contributed by atoms with Crippen molar-refractivity contribution in [2.24, 2.45) is 7.05 Å². The van der Waals surface area contributed by atoms with Crippen LogP contribution >= 0.6 is 0 Å². The summed E-state index contributed by atoms with van der Waals surface area (Å²) in [4.78, 5) is 26.0. The number of imidazole rings is 1. The summed E-state index contributed by atoms with van der Waals surface area (Å²) >= 11 is 0. The van der Waals surface area contributed by atoms with Gasteiger partial charge in [-0.2, -0.15) is 0 Å². The number of ether oxygens (including phenoxy) is 1. The van der Waals surface area contributed by atoms with Crippen LogP contribution in [0.3, 0.4) is 0 Å². The van der Waals surface area contributed by atoms with Crippen molar-refractivity contribution in [2.75, 3.05) is 0 Å². The molecule has 0 bridgehead atoms. The standard InChI is InChI=1S/C23H25N5O2/c1-14(2)30-21-11-20-19(12-25-21)26-22(17-10-15(3)23(29)27(5)13-17)28(20)16(4)18-8-6-7-9-24-18/h6-14,16H,1-5H3. The van der Waals surface area contributed by atoms with Crippen LogP contribution < -0.4 is 10.3 Å². The van der Waals surface area contributed by atoms with Crippen molar-refractivity contribution >= 4 is 11.0 Å². The van der Waals surface area contributed by atoms with E-state index in [0.717, 1.165) is 28.1 Å². The van der Waals surface area contributed by atoms with E-state index in [1.807, 2.05) is 57.3 Å². The van der Waals surface area contributed by atoms with E-state index in [-0.39, 0.29) is 17.7 Å². The molecule has 0 fully saturated rings. The van der Waals surface area contributed by atoms with Crippen molar-refractivity contribution in [3.8, 4) is 17.3 Å². The summed E-state index contributed by atoms with van der Waals surface area (Å²) in [6.45, 7) is 7.85. The van der Waals surface area contributed by atoms with Gasteiger partial charge in [-0.25, -0.2) is 9.97 Å². The Balaban J connectivity index is 1.98. The fraction of sp³-hybridized carbons (Fsp3) is 0.304. The lowest BCUT2D eigenvalue weighted by molar-refractivity contribution is 0.233. The Morgan fingerprint density at radius 1 is 1.10 bits per heavy atom. The van der Waals surface area contributed by atoms with Crippen molar-refractivity contribution in [3.05, 3.63) is 70.5 Å². The smallest absolute Gasteiger partial charge is 0.253 e. The highest BCUT2D eigenvalue weighted by molar-refractivity contribution is 5.81. The second-order valence-corrected chi connectivity index (χ2v) is 7.74. The van der Waals surface area contributed by atoms with E-state index >= 15 is 0 Å². The molecule has 0 saturated heterocycles. The molecule has 4 aromatic heterocycles. The van der Waals surface area contributed by atoms with Crippen molar-refractivity contribution in [3.63, 3.8) is 0 Å². The predicted octanol–water partition coefficient (Wildman–Crippen LogP) is 3.90. The summed E-state index contributed by atoms with van der Waals surface area (Å²) in [6.07, 6.45) is 5.35. The lowest BCUT2D eigenvalue weighted by Gasteiger charge is -2.18. The quantitative estimate of drug-likeness (QED) is 0.505. The van der Waals surface area contributed by atoms with Crippen LogP contribution in [0.15, 0.2) is 53.7 Å². The van der Waals surface area contributed by atoms with Crippen molar-refractivity contribution in [1.82, 2.24) is 24.1 Å². The summed E-state index contributed by atoms with van der Waals surface area (Å²) in [5.74, 6) is 1.31. The lowest BCUT2D eigenvalue weighted by Crippen LogP contribution is -2.19. The van der Waals surface area contributed by atoms with Gasteiger partial charge in [-0.05, 0) is 45.9 Å². The van der Waals surface area contributed by atoms with E-state index in [1.54, 1.807) is 24.0 Å². The Labute approximate surface area is 175 Å². The first-order chi connectivity index (χ1) is 14.3. The Kier molecular flexibility index (Phi) is 5.11. The molecule has 7 nitrogen and oxygen atoms in total. The molecule has 1 atom stereocenters. The molecule has 7 heteroatoms. The van der Waals surface area contributed by atoms with Gasteiger partial charge in [-0.15, -0.1) is 0 Å². The Morgan fingerprint density at radius 3 is 2.57 bits per heavy atom. The molecule has 4 rings (SSSR count). The first-order valence-electron chi connectivity index (χ1n) is 9.98. The third-order valence-electron chi connectivity index (χ3n) is 5.03. The van der Waals surface area contributed by atoms with Crippen molar-refractivity contribution in [2.45, 2.75) is 39.8 Å². The van der Waals surface area contributed by atoms with Gasteiger partial charge in [0.05, 0.1) is 29.6 Å². The summed E-state index contributed by atoms with van der Waals surface area (Å²) in [7, 11) is 1.75. The van der Waals surface area contributed by atoms with Gasteiger partial charge in [0.2, 0.25) is 5.88 Å². The molecule has 0 amide bonds. The fourth-order valence-electron chi connectivity index (χ4n) is 3.64. The van der Waals surface area contributed by atoms with Crippen LogP contribution in [0.1, 0.15) is 38.1 Å². The summed E-state index contributed by atoms with van der Waals surface area (Å²) in [6, 6.07) is 9.59. The van der Waals surface area contributed by atoms with E-state index in [4.69, 9.17) is 9.72 Å². The zero-order chi connectivity index (χ0) is 21.4. The first-order valence-corrected chi connectivity index (χ1v) is 9.98. The SMILES string of the molecule is Cc1cc(-c2nc3cnc(OC(C)C)cc3n2C(C)c2ccccn2)cn(C)c1=O. The number of fused-ring (bicyclic) bond motifs is 1. The minimum absolute atomic E-state index is 0.0188. The molecular weight excluding hydrogens is 378 g/mol. The normalized spacial score (nSPS) is 12.5. The van der Waals surface area contributed by atoms with Gasteiger partial charge in [0.1, 0.15) is 11.3 Å². The van der Waals surface area contributed by atoms with Crippen LogP contribution in [0.25, 0.3) is 22.4 Å². The number of rotatable bonds is 5. The molecule has 0 aliphatic carbocycles. The van der Waals surface area contributed by atoms with Crippen LogP contribution in [0.4, 0.5) is 0 Å². The average Bonchev–Trinajstić information content (AvgIpc) is 3.10. The molecular formula is C23H25N5O2. The minimum Gasteiger partial charge on any atom is -0.475 e. The molecule has 0 saturated carbocycles. The monoisotopic (exact) mass is 403 g/mol. The number of hydrogen-bond acceptors (Lipinski definition) is 5. The Morgan fingerprint density at radius 2 is 1.90 bits per heavy atom. The topological polar surface area (TPSA) is 74.8 Å². The number of aryl methyl sites for hydroxylation is 2. The molecule has 154 valence electrons. The highest BCUT2D eigenvalue weighted by atomic mass is 16.5. The zero-order valence-corrected chi connectivity index (χ0v) is 17.8. The summed E-state index contributed by atoms with van der Waals surface area (Å²) < 4.78 is 9.54. The maximum Gasteiger partial charge on any atom is 0.253 e. The second kappa shape index (κ2) is 7.74. The van der Waals surface area contributed by atoms with Crippen LogP contribution in [-0.2, 0) is 7.05 Å². The van der Waals surface area contributed by atoms with Gasteiger partial charge in [0.15, 0.2) is 0 Å². The number of aromatic nitrogens is 5. The van der Waals surface area contributed by atoms with Crippen LogP contribution in [0.2, 0.25) is 0 Å². The molecule has 4 heterocycles. The minimum atomic E-state index is -0.0851. The number of hydrogen-bond donors (Lipinski definition) is 0. The molecule has 0 aliphatic rings. The second-order valence-electron chi connectivity index (χ2n) is 7.74. The van der Waals surface area contributed by atoms with E-state index in [9.17, 15) is 4.79 Å². The zero-order valence-electron chi connectivity index (χ0n) is 17.8. The first kappa shape index (κ1) is 19.8. The van der Waals surface area contributed by atoms with Gasteiger partial charge in [-0.3, -0.25) is 9.78 Å². The van der Waals surface area contributed by atoms with Crippen molar-refractivity contribution < 1.29 is 4.74 Å². The summed E-state index contributed by atoms with van der Waals surface area (Å²) in [5.41, 5.74) is 4.09. The molecule has 1 unspecified atom stereocenters. The van der Waals surface area contributed by atoms with Gasteiger partial charge in [0, 0.05) is 36.6 Å². The van der Waals surface area contributed by atoms with Crippen molar-refractivity contribution in [1.29, 1.82) is 0 Å². The molecule has 4 aromatic rings. The van der Waals surface area contributed by atoms with Crippen LogP contribution in [0.5, 0.6) is 5.88 Å². The average molecular weight is 403 g/mol. The largest absolute Gasteiger partial charge is 0.475 e. The predicted molar refractivity (Wildman–Crippen MR) is 117 cm³/mol. The van der Waals surface area contributed by atoms with Gasteiger partial charge < -0.3 is 13.9 Å². The van der Waals surface area contributed by atoms with Gasteiger partial charge in [-0.1, -0.05) is 6.07 Å². The molecule has 0 N–H and O–H groups in total. The highest BCUT2D eigenvalue weighted by Crippen LogP contribution is 2.32. The van der Waals surface area contributed by atoms with Gasteiger partial charge >= 0.3 is 0 Å². The fourth-order valence-corrected chi connectivity index (χ4v) is 3.64. The highest BCUT2D eigenvalue weighted by Gasteiger charge is 2.21. The van der Waals surface area contributed by atoms with E-state index in [2.05, 4.69) is 21.5 Å². The number of pyridine rings is 3. The molecule has 0 aromatic carbocycles. The molecule has 30 heavy (non-hydrogen) atoms. The number of nitrogens with zero attached hydrogens (tertiary/aromatic N) is 5. The van der Waals surface area contributed by atoms with Crippen LogP contribution in [0, 0.1) is 6.92 Å². The maximum absolute atomic E-state index is 12.2. The molecule has 0 radical (unpaired) electrons. The Bertz CT molecular complexity index is 1230. The third-order valence-corrected chi connectivity index (χ3v) is 5.03. The molecule has 0 spiro atoms. The van der Waals surface area contributed by atoms with Crippen LogP contribution in [-0.4, -0.2) is 30.2 Å². The van der Waals surface area contributed by atoms with Gasteiger partial charge in [0.25, 0.3) is 5.56 Å². The lowest BCUT2D eigenvalue weighted by atomic mass is 10.1. The Hall–Kier alpha value is -3.48. The third kappa shape index (κ3) is 3.58. The molecule has 0 aliphatic heterocycles. The maximum atomic E-state index is 12.2. The van der Waals surface area contributed by atoms with E-state index in [1.165, 1.54) is 0 Å². The van der Waals surface area contributed by atoms with E-state index in [0.29, 0.717) is 11.4 Å². The summed E-state index contributed by atoms with van der Waals surface area (Å²) in [5, 5.41) is 0.